The summed E-state index contributed by atoms with van der Waals surface area (Å²) >= 11 is 1.49. The summed E-state index contributed by atoms with van der Waals surface area (Å²) in [7, 11) is 0. The van der Waals surface area contributed by atoms with E-state index in [2.05, 4.69) is 22.2 Å². The lowest BCUT2D eigenvalue weighted by atomic mass is 10.3. The van der Waals surface area contributed by atoms with Crippen LogP contribution in [0.4, 0.5) is 11.8 Å². The lowest BCUT2D eigenvalue weighted by Crippen LogP contribution is -2.15. The van der Waals surface area contributed by atoms with Gasteiger partial charge in [0.25, 0.3) is 0 Å². The highest BCUT2D eigenvalue weighted by atomic mass is 32.2. The lowest BCUT2D eigenvalue weighted by Gasteiger charge is -2.14. The minimum Gasteiger partial charge on any atom is -0.392 e. The maximum absolute atomic E-state index is 9.45. The molecule has 0 aliphatic rings. The van der Waals surface area contributed by atoms with E-state index in [0.29, 0.717) is 0 Å². The van der Waals surface area contributed by atoms with Crippen LogP contribution in [0.5, 0.6) is 0 Å². The van der Waals surface area contributed by atoms with Gasteiger partial charge >= 0.3 is 0 Å². The van der Waals surface area contributed by atoms with Crippen molar-refractivity contribution < 1.29 is 5.11 Å². The van der Waals surface area contributed by atoms with Gasteiger partial charge in [0.1, 0.15) is 10.8 Å². The van der Waals surface area contributed by atoms with Crippen molar-refractivity contribution >= 4 is 23.5 Å². The van der Waals surface area contributed by atoms with E-state index < -0.39 is 0 Å². The number of thioether (sulfide) groups is 1. The van der Waals surface area contributed by atoms with E-state index in [1.165, 1.54) is 11.8 Å². The van der Waals surface area contributed by atoms with Crippen molar-refractivity contribution in [3.05, 3.63) is 6.07 Å². The summed E-state index contributed by atoms with van der Waals surface area (Å²) in [6, 6.07) is 1.86. The second-order valence-corrected chi connectivity index (χ2v) is 5.34. The van der Waals surface area contributed by atoms with Gasteiger partial charge in [0, 0.05) is 17.9 Å². The van der Waals surface area contributed by atoms with Gasteiger partial charge in [-0.1, -0.05) is 13.8 Å². The molecule has 2 atom stereocenters. The van der Waals surface area contributed by atoms with Gasteiger partial charge in [-0.05, 0) is 13.3 Å². The molecule has 0 aromatic carbocycles. The van der Waals surface area contributed by atoms with Crippen LogP contribution in [-0.4, -0.2) is 33.0 Å². The maximum Gasteiger partial charge on any atom is 0.223 e. The van der Waals surface area contributed by atoms with E-state index in [9.17, 15) is 5.11 Å². The Morgan fingerprint density at radius 3 is 2.76 bits per heavy atom. The maximum atomic E-state index is 9.45. The van der Waals surface area contributed by atoms with Crippen LogP contribution in [0.1, 0.15) is 27.2 Å². The topological polar surface area (TPSA) is 84.1 Å². The average molecular weight is 256 g/mol. The Bertz CT molecular complexity index is 359. The van der Waals surface area contributed by atoms with Gasteiger partial charge < -0.3 is 16.2 Å². The largest absolute Gasteiger partial charge is 0.392 e. The molecule has 0 bridgehead atoms. The van der Waals surface area contributed by atoms with Crippen LogP contribution in [0.3, 0.4) is 0 Å². The zero-order valence-corrected chi connectivity index (χ0v) is 11.3. The molecule has 0 aliphatic heterocycles. The molecule has 0 aliphatic carbocycles. The normalized spacial score (nSPS) is 14.4. The van der Waals surface area contributed by atoms with Crippen molar-refractivity contribution in [3.63, 3.8) is 0 Å². The monoisotopic (exact) mass is 256 g/mol. The van der Waals surface area contributed by atoms with Gasteiger partial charge in [-0.3, -0.25) is 0 Å². The standard InChI is InChI=1S/C11H20N4OS/c1-4-5-13-9-6-10(15-11(12)14-9)17-8(3)7(2)16/h6-8,16H,4-5H2,1-3H3,(H3,12,13,14,15). The van der Waals surface area contributed by atoms with E-state index >= 15 is 0 Å². The fourth-order valence-corrected chi connectivity index (χ4v) is 2.04. The van der Waals surface area contributed by atoms with Gasteiger partial charge in [0.15, 0.2) is 0 Å². The number of aromatic nitrogens is 2. The number of nitrogens with zero attached hydrogens (tertiary/aromatic N) is 2. The van der Waals surface area contributed by atoms with Gasteiger partial charge in [-0.15, -0.1) is 11.8 Å². The summed E-state index contributed by atoms with van der Waals surface area (Å²) in [4.78, 5) is 8.25. The lowest BCUT2D eigenvalue weighted by molar-refractivity contribution is 0.196. The van der Waals surface area contributed by atoms with Crippen LogP contribution in [0.25, 0.3) is 0 Å². The number of nitrogens with two attached hydrogens (primary N) is 1. The van der Waals surface area contributed by atoms with Crippen LogP contribution in [0, 0.1) is 0 Å². The summed E-state index contributed by atoms with van der Waals surface area (Å²) in [5.41, 5.74) is 5.64. The number of nitrogen functional groups attached to an aromatic ring is 1. The Morgan fingerprint density at radius 2 is 2.18 bits per heavy atom. The third-order valence-corrected chi connectivity index (χ3v) is 3.48. The molecule has 1 rings (SSSR count). The highest BCUT2D eigenvalue weighted by molar-refractivity contribution is 7.99. The number of hydrogen-bond acceptors (Lipinski definition) is 6. The summed E-state index contributed by atoms with van der Waals surface area (Å²) in [6.07, 6.45) is 0.638. The Balaban J connectivity index is 2.74. The van der Waals surface area contributed by atoms with E-state index in [0.717, 1.165) is 23.8 Å². The fraction of sp³-hybridized carbons (Fsp3) is 0.636. The number of aliphatic hydroxyl groups is 1. The molecule has 0 amide bonds. The molecule has 1 aromatic rings. The molecule has 4 N–H and O–H groups in total. The third-order valence-electron chi connectivity index (χ3n) is 2.26. The molecule has 2 unspecified atom stereocenters. The molecule has 0 fully saturated rings. The molecule has 6 heteroatoms. The predicted octanol–water partition coefficient (Wildman–Crippen LogP) is 1.74. The minimum absolute atomic E-state index is 0.0725. The second kappa shape index (κ2) is 6.66. The van der Waals surface area contributed by atoms with Gasteiger partial charge in [-0.25, -0.2) is 4.98 Å². The Labute approximate surface area is 106 Å². The molecule has 0 saturated heterocycles. The first kappa shape index (κ1) is 14.1. The third kappa shape index (κ3) is 4.79. The number of rotatable bonds is 6. The van der Waals surface area contributed by atoms with Gasteiger partial charge in [0.05, 0.1) is 6.10 Å². The van der Waals surface area contributed by atoms with Crippen molar-refractivity contribution in [2.24, 2.45) is 0 Å². The van der Waals surface area contributed by atoms with E-state index in [4.69, 9.17) is 5.73 Å². The fourth-order valence-electron chi connectivity index (χ4n) is 1.14. The average Bonchev–Trinajstić information content (AvgIpc) is 2.25. The zero-order valence-electron chi connectivity index (χ0n) is 10.5. The highest BCUT2D eigenvalue weighted by Crippen LogP contribution is 2.25. The number of nitrogens with one attached hydrogen (secondary N) is 1. The van der Waals surface area contributed by atoms with E-state index in [1.54, 1.807) is 6.92 Å². The van der Waals surface area contributed by atoms with Crippen LogP contribution in [-0.2, 0) is 0 Å². The summed E-state index contributed by atoms with van der Waals surface area (Å²) < 4.78 is 0. The first-order chi connectivity index (χ1) is 8.02. The molecule has 1 aromatic heterocycles. The molecule has 5 nitrogen and oxygen atoms in total. The van der Waals surface area contributed by atoms with Gasteiger partial charge in [-0.2, -0.15) is 4.98 Å². The summed E-state index contributed by atoms with van der Waals surface area (Å²) in [5.74, 6) is 0.992. The van der Waals surface area contributed by atoms with Crippen molar-refractivity contribution in [1.29, 1.82) is 0 Å². The molecule has 17 heavy (non-hydrogen) atoms. The predicted molar refractivity (Wildman–Crippen MR) is 72.2 cm³/mol. The van der Waals surface area contributed by atoms with Crippen LogP contribution in [0.15, 0.2) is 11.1 Å². The highest BCUT2D eigenvalue weighted by Gasteiger charge is 2.12. The number of aliphatic hydroxyl groups excluding tert-OH is 1. The van der Waals surface area contributed by atoms with E-state index in [1.807, 2.05) is 13.0 Å². The second-order valence-electron chi connectivity index (χ2n) is 3.94. The van der Waals surface area contributed by atoms with Crippen molar-refractivity contribution in [2.75, 3.05) is 17.6 Å². The molecule has 96 valence electrons. The van der Waals surface area contributed by atoms with Crippen molar-refractivity contribution in [1.82, 2.24) is 9.97 Å². The SMILES string of the molecule is CCCNc1cc(SC(C)C(C)O)nc(N)n1. The Hall–Kier alpha value is -1.01. The number of hydrogen-bond donors (Lipinski definition) is 3. The van der Waals surface area contributed by atoms with Crippen molar-refractivity contribution in [3.8, 4) is 0 Å². The minimum atomic E-state index is -0.386. The first-order valence-electron chi connectivity index (χ1n) is 5.76. The molecule has 0 radical (unpaired) electrons. The molecular formula is C11H20N4OS. The molecular weight excluding hydrogens is 236 g/mol. The van der Waals surface area contributed by atoms with Crippen LogP contribution >= 0.6 is 11.8 Å². The van der Waals surface area contributed by atoms with Crippen LogP contribution < -0.4 is 11.1 Å². The summed E-state index contributed by atoms with van der Waals surface area (Å²) in [6.45, 7) is 6.65. The smallest absolute Gasteiger partial charge is 0.223 e. The number of anilines is 2. The molecule has 0 saturated carbocycles. The molecule has 0 spiro atoms. The molecule has 1 heterocycles. The Morgan fingerprint density at radius 1 is 1.47 bits per heavy atom. The zero-order chi connectivity index (χ0) is 12.8. The quantitative estimate of drug-likeness (QED) is 0.531. The van der Waals surface area contributed by atoms with Crippen LogP contribution in [0.2, 0.25) is 0 Å². The van der Waals surface area contributed by atoms with Crippen molar-refractivity contribution in [2.45, 2.75) is 43.6 Å². The van der Waals surface area contributed by atoms with E-state index in [-0.39, 0.29) is 17.3 Å². The first-order valence-corrected chi connectivity index (χ1v) is 6.64. The van der Waals surface area contributed by atoms with Gasteiger partial charge in [0.2, 0.25) is 5.95 Å². The summed E-state index contributed by atoms with van der Waals surface area (Å²) in [5, 5.41) is 13.5. The Kier molecular flexibility index (Phi) is 5.50.